The van der Waals surface area contributed by atoms with E-state index in [2.05, 4.69) is 13.8 Å². The van der Waals surface area contributed by atoms with Gasteiger partial charge >= 0.3 is 5.97 Å². The number of carboxylic acids is 1. The average Bonchev–Trinajstić information content (AvgIpc) is 3.05. The van der Waals surface area contributed by atoms with Crippen molar-refractivity contribution in [3.05, 3.63) is 39.8 Å². The Hall–Kier alpha value is -2.87. The van der Waals surface area contributed by atoms with Crippen molar-refractivity contribution < 1.29 is 24.1 Å². The van der Waals surface area contributed by atoms with Crippen LogP contribution >= 0.6 is 0 Å². The summed E-state index contributed by atoms with van der Waals surface area (Å²) < 4.78 is 18.5. The Morgan fingerprint density at radius 1 is 1.29 bits per heavy atom. The van der Waals surface area contributed by atoms with E-state index >= 15 is 0 Å². The normalized spacial score (nSPS) is 20.5. The van der Waals surface area contributed by atoms with Crippen LogP contribution in [-0.2, 0) is 4.74 Å². The van der Waals surface area contributed by atoms with E-state index in [1.165, 1.54) is 12.3 Å². The minimum atomic E-state index is -1.21. The van der Waals surface area contributed by atoms with Gasteiger partial charge < -0.3 is 23.9 Å². The second kappa shape index (κ2) is 8.00. The molecule has 0 radical (unpaired) electrons. The van der Waals surface area contributed by atoms with Crippen LogP contribution < -0.4 is 14.9 Å². The number of hydrogen-bond donors (Lipinski definition) is 1. The number of hydrogen-bond acceptors (Lipinski definition) is 6. The number of aromatic nitrogens is 2. The molecule has 0 amide bonds. The van der Waals surface area contributed by atoms with E-state index < -0.39 is 11.4 Å². The highest BCUT2D eigenvalue weighted by molar-refractivity contribution is 5.87. The summed E-state index contributed by atoms with van der Waals surface area (Å²) in [6.45, 7) is 5.40. The zero-order valence-electron chi connectivity index (χ0n) is 18.3. The lowest BCUT2D eigenvalue weighted by molar-refractivity contribution is 0.0693. The van der Waals surface area contributed by atoms with Crippen molar-refractivity contribution in [2.75, 3.05) is 27.4 Å². The third-order valence-corrected chi connectivity index (χ3v) is 6.45. The molecule has 2 aromatic heterocycles. The first kappa shape index (κ1) is 21.4. The summed E-state index contributed by atoms with van der Waals surface area (Å²) in [6.07, 6.45) is 4.11. The average molecular weight is 428 g/mol. The molecule has 0 spiro atoms. The molecular formula is C23H28N2O6. The lowest BCUT2D eigenvalue weighted by Crippen LogP contribution is -2.32. The van der Waals surface area contributed by atoms with E-state index in [4.69, 9.17) is 19.2 Å². The van der Waals surface area contributed by atoms with Gasteiger partial charge in [-0.05, 0) is 24.3 Å². The summed E-state index contributed by atoms with van der Waals surface area (Å²) in [5.74, 6) is -0.213. The van der Waals surface area contributed by atoms with Gasteiger partial charge in [0.15, 0.2) is 11.2 Å². The van der Waals surface area contributed by atoms with Crippen molar-refractivity contribution in [1.82, 2.24) is 9.55 Å². The standard InChI is InChI=1S/C23H28N2O6/c1-23(2)7-6-13-19-14(10-18(30-4)21(24-19)31-9-5-8-29-3)16-11-17(26)15(22(27)28)12-25(16)20(13)23/h10-13,20H,5-9H2,1-4H3,(H,27,28)/t13?,20-/m0/s1. The van der Waals surface area contributed by atoms with Crippen molar-refractivity contribution in [1.29, 1.82) is 0 Å². The summed E-state index contributed by atoms with van der Waals surface area (Å²) in [5, 5.41) is 9.50. The summed E-state index contributed by atoms with van der Waals surface area (Å²) >= 11 is 0. The van der Waals surface area contributed by atoms with Crippen LogP contribution in [0, 0.1) is 5.41 Å². The number of pyridine rings is 2. The first-order chi connectivity index (χ1) is 14.8. The quantitative estimate of drug-likeness (QED) is 0.674. The van der Waals surface area contributed by atoms with Crippen LogP contribution in [0.4, 0.5) is 0 Å². The molecule has 8 nitrogen and oxygen atoms in total. The molecule has 1 aliphatic carbocycles. The van der Waals surface area contributed by atoms with Gasteiger partial charge in [0.05, 0.1) is 25.1 Å². The van der Waals surface area contributed by atoms with Crippen LogP contribution in [0.25, 0.3) is 11.3 Å². The van der Waals surface area contributed by atoms with Gasteiger partial charge in [-0.15, -0.1) is 0 Å². The lowest BCUT2D eigenvalue weighted by atomic mass is 9.79. The molecular weight excluding hydrogens is 400 g/mol. The zero-order valence-corrected chi connectivity index (χ0v) is 18.3. The molecule has 2 aliphatic rings. The van der Waals surface area contributed by atoms with Gasteiger partial charge in [-0.25, -0.2) is 9.78 Å². The molecule has 8 heteroatoms. The molecule has 0 bridgehead atoms. The number of methoxy groups -OCH3 is 2. The van der Waals surface area contributed by atoms with Crippen molar-refractivity contribution in [3.8, 4) is 22.9 Å². The molecule has 1 unspecified atom stereocenters. The van der Waals surface area contributed by atoms with Crippen LogP contribution in [0.15, 0.2) is 23.1 Å². The monoisotopic (exact) mass is 428 g/mol. The number of fused-ring (bicyclic) bond motifs is 6. The molecule has 0 aromatic carbocycles. The molecule has 1 N–H and O–H groups in total. The maximum Gasteiger partial charge on any atom is 0.341 e. The molecule has 1 saturated carbocycles. The summed E-state index contributed by atoms with van der Waals surface area (Å²) in [5.41, 5.74) is 1.51. The Morgan fingerprint density at radius 3 is 2.74 bits per heavy atom. The molecule has 4 rings (SSSR count). The van der Waals surface area contributed by atoms with Gasteiger partial charge in [0.1, 0.15) is 5.56 Å². The summed E-state index contributed by atoms with van der Waals surface area (Å²) in [7, 11) is 3.20. The molecule has 166 valence electrons. The molecule has 1 fully saturated rings. The van der Waals surface area contributed by atoms with Crippen LogP contribution in [0.2, 0.25) is 0 Å². The van der Waals surface area contributed by atoms with E-state index in [1.54, 1.807) is 14.2 Å². The number of rotatable bonds is 7. The van der Waals surface area contributed by atoms with Gasteiger partial charge in [0, 0.05) is 49.9 Å². The predicted molar refractivity (Wildman–Crippen MR) is 114 cm³/mol. The maximum absolute atomic E-state index is 12.5. The minimum Gasteiger partial charge on any atom is -0.491 e. The Morgan fingerprint density at radius 2 is 2.06 bits per heavy atom. The minimum absolute atomic E-state index is 0.00376. The molecule has 2 atom stereocenters. The van der Waals surface area contributed by atoms with Crippen LogP contribution in [0.1, 0.15) is 61.1 Å². The third-order valence-electron chi connectivity index (χ3n) is 6.45. The highest BCUT2D eigenvalue weighted by Crippen LogP contribution is 2.59. The van der Waals surface area contributed by atoms with Crippen molar-refractivity contribution in [3.63, 3.8) is 0 Å². The van der Waals surface area contributed by atoms with Crippen molar-refractivity contribution >= 4 is 5.97 Å². The van der Waals surface area contributed by atoms with Crippen LogP contribution in [0.3, 0.4) is 0 Å². The molecule has 0 saturated heterocycles. The van der Waals surface area contributed by atoms with Gasteiger partial charge in [-0.1, -0.05) is 13.8 Å². The highest BCUT2D eigenvalue weighted by atomic mass is 16.5. The number of carbonyl (C=O) groups is 1. The Bertz CT molecular complexity index is 1070. The fourth-order valence-electron chi connectivity index (χ4n) is 4.99. The second-order valence-electron chi connectivity index (χ2n) is 8.85. The Labute approximate surface area is 180 Å². The van der Waals surface area contributed by atoms with E-state index in [-0.39, 0.29) is 22.9 Å². The highest BCUT2D eigenvalue weighted by Gasteiger charge is 2.48. The molecule has 1 aliphatic heterocycles. The van der Waals surface area contributed by atoms with Gasteiger partial charge in [0.2, 0.25) is 0 Å². The predicted octanol–water partition coefficient (Wildman–Crippen LogP) is 3.49. The first-order valence-corrected chi connectivity index (χ1v) is 10.5. The Kier molecular flexibility index (Phi) is 5.51. The van der Waals surface area contributed by atoms with E-state index in [0.717, 1.165) is 30.5 Å². The smallest absolute Gasteiger partial charge is 0.341 e. The largest absolute Gasteiger partial charge is 0.491 e. The van der Waals surface area contributed by atoms with Crippen LogP contribution in [0.5, 0.6) is 11.6 Å². The van der Waals surface area contributed by atoms with E-state index in [1.807, 2.05) is 10.6 Å². The summed E-state index contributed by atoms with van der Waals surface area (Å²) in [4.78, 5) is 29.0. The lowest BCUT2D eigenvalue weighted by Gasteiger charge is -2.39. The Balaban J connectivity index is 1.88. The molecule has 31 heavy (non-hydrogen) atoms. The SMILES string of the molecule is COCCCOc1nc2c(cc1OC)-c1cc(=O)c(C(=O)O)cn1[C@H]1C2CCC1(C)C. The van der Waals surface area contributed by atoms with Gasteiger partial charge in [-0.3, -0.25) is 4.79 Å². The zero-order chi connectivity index (χ0) is 22.3. The fourth-order valence-corrected chi connectivity index (χ4v) is 4.99. The summed E-state index contributed by atoms with van der Waals surface area (Å²) in [6, 6.07) is 3.25. The topological polar surface area (TPSA) is 99.9 Å². The van der Waals surface area contributed by atoms with Crippen LogP contribution in [-0.4, -0.2) is 48.1 Å². The van der Waals surface area contributed by atoms with Gasteiger partial charge in [0.25, 0.3) is 5.88 Å². The van der Waals surface area contributed by atoms with E-state index in [0.29, 0.717) is 30.5 Å². The second-order valence-corrected chi connectivity index (χ2v) is 8.85. The van der Waals surface area contributed by atoms with E-state index in [9.17, 15) is 14.7 Å². The third kappa shape index (κ3) is 3.59. The first-order valence-electron chi connectivity index (χ1n) is 10.5. The number of carboxylic acid groups (broad SMARTS) is 1. The fraction of sp³-hybridized carbons (Fsp3) is 0.522. The van der Waals surface area contributed by atoms with Gasteiger partial charge in [-0.2, -0.15) is 0 Å². The molecule has 3 heterocycles. The number of nitrogens with zero attached hydrogens (tertiary/aromatic N) is 2. The molecule has 2 aromatic rings. The van der Waals surface area contributed by atoms with Crippen molar-refractivity contribution in [2.24, 2.45) is 5.41 Å². The number of ether oxygens (including phenoxy) is 3. The number of aromatic carboxylic acids is 1. The van der Waals surface area contributed by atoms with Crippen molar-refractivity contribution in [2.45, 2.75) is 45.1 Å². The maximum atomic E-state index is 12.5.